The maximum Gasteiger partial charge on any atom is 0.0840 e. The van der Waals surface area contributed by atoms with Crippen LogP contribution in [0.4, 0.5) is 0 Å². The van der Waals surface area contributed by atoms with Gasteiger partial charge in [0.15, 0.2) is 0 Å². The third kappa shape index (κ3) is 3.37. The van der Waals surface area contributed by atoms with Crippen LogP contribution in [-0.4, -0.2) is 36.0 Å². The monoisotopic (exact) mass is 229 g/mol. The van der Waals surface area contributed by atoms with Crippen LogP contribution in [0.2, 0.25) is 0 Å². The lowest BCUT2D eigenvalue weighted by Crippen LogP contribution is -2.48. The minimum atomic E-state index is -0.172. The van der Waals surface area contributed by atoms with Gasteiger partial charge in [0.05, 0.1) is 24.4 Å². The number of hydrazine groups is 1. The molecule has 1 aliphatic rings. The number of ether oxygens (including phenoxy) is 1. The van der Waals surface area contributed by atoms with Crippen molar-refractivity contribution in [1.29, 1.82) is 0 Å². The van der Waals surface area contributed by atoms with Crippen molar-refractivity contribution in [3.05, 3.63) is 11.9 Å². The Morgan fingerprint density at radius 1 is 1.56 bits per heavy atom. The number of methoxy groups -OCH3 is 1. The largest absolute Gasteiger partial charge is 0.399 e. The first-order valence-electron chi connectivity index (χ1n) is 5.71. The van der Waals surface area contributed by atoms with Crippen LogP contribution in [0.5, 0.6) is 0 Å². The number of aliphatic hydroxyl groups is 1. The Morgan fingerprint density at radius 3 is 2.81 bits per heavy atom. The van der Waals surface area contributed by atoms with Gasteiger partial charge in [0, 0.05) is 13.3 Å². The van der Waals surface area contributed by atoms with Gasteiger partial charge >= 0.3 is 0 Å². The summed E-state index contributed by atoms with van der Waals surface area (Å²) >= 11 is 0. The predicted molar refractivity (Wildman–Crippen MR) is 63.0 cm³/mol. The molecule has 0 aliphatic heterocycles. The molecule has 0 aromatic rings. The fraction of sp³-hybridized carbons (Fsp3) is 0.818. The number of aliphatic hydroxyl groups excluding tert-OH is 1. The summed E-state index contributed by atoms with van der Waals surface area (Å²) in [6, 6.07) is 0.145. The lowest BCUT2D eigenvalue weighted by Gasteiger charge is -2.38. The summed E-state index contributed by atoms with van der Waals surface area (Å²) in [5, 5.41) is 10.4. The van der Waals surface area contributed by atoms with Gasteiger partial charge in [-0.2, -0.15) is 0 Å². The van der Waals surface area contributed by atoms with E-state index in [9.17, 15) is 0 Å². The Balaban J connectivity index is 2.63. The number of rotatable bonds is 4. The van der Waals surface area contributed by atoms with Crippen LogP contribution in [0.15, 0.2) is 11.9 Å². The molecular formula is C11H23N3O2. The Hall–Kier alpha value is -0.780. The van der Waals surface area contributed by atoms with E-state index in [0.717, 1.165) is 19.3 Å². The summed E-state index contributed by atoms with van der Waals surface area (Å²) in [6.45, 7) is 2.05. The number of nitrogens with zero attached hydrogens (tertiary/aromatic N) is 1. The van der Waals surface area contributed by atoms with E-state index in [0.29, 0.717) is 11.6 Å². The Bertz CT molecular complexity index is 245. The van der Waals surface area contributed by atoms with Crippen molar-refractivity contribution in [3.8, 4) is 0 Å². The molecule has 1 aliphatic carbocycles. The molecule has 3 atom stereocenters. The molecule has 1 saturated carbocycles. The van der Waals surface area contributed by atoms with Crippen LogP contribution in [0.25, 0.3) is 0 Å². The fourth-order valence-corrected chi connectivity index (χ4v) is 2.24. The van der Waals surface area contributed by atoms with E-state index in [2.05, 4.69) is 6.92 Å². The summed E-state index contributed by atoms with van der Waals surface area (Å²) in [7, 11) is 1.71. The molecule has 1 fully saturated rings. The van der Waals surface area contributed by atoms with Crippen molar-refractivity contribution >= 4 is 0 Å². The molecule has 5 nitrogen and oxygen atoms in total. The Labute approximate surface area is 97.0 Å². The van der Waals surface area contributed by atoms with Crippen molar-refractivity contribution in [2.24, 2.45) is 17.5 Å². The van der Waals surface area contributed by atoms with Crippen LogP contribution in [0, 0.1) is 5.92 Å². The molecular weight excluding hydrogens is 206 g/mol. The average molecular weight is 229 g/mol. The summed E-state index contributed by atoms with van der Waals surface area (Å²) in [5.41, 5.74) is 5.91. The highest BCUT2D eigenvalue weighted by Gasteiger charge is 2.31. The van der Waals surface area contributed by atoms with Crippen LogP contribution >= 0.6 is 0 Å². The summed E-state index contributed by atoms with van der Waals surface area (Å²) in [6.07, 6.45) is 4.88. The van der Waals surface area contributed by atoms with Crippen LogP contribution in [0.3, 0.4) is 0 Å². The standard InChI is InChI=1S/C11H23N3O2/c1-8-3-4-10(11(5-8)16-2)14(13)6-9(12)7-15/h6,8,10-11,15H,3-5,7,12-13H2,1-2H3/b9-6-. The number of hydrogen-bond acceptors (Lipinski definition) is 5. The molecule has 0 saturated heterocycles. The molecule has 94 valence electrons. The Kier molecular flexibility index (Phi) is 5.05. The zero-order valence-corrected chi connectivity index (χ0v) is 10.1. The first-order valence-corrected chi connectivity index (χ1v) is 5.71. The second-order valence-corrected chi connectivity index (χ2v) is 4.57. The SMILES string of the molecule is COC1CC(C)CCC1N(N)/C=C(\N)CO. The molecule has 0 bridgehead atoms. The minimum absolute atomic E-state index is 0.136. The highest BCUT2D eigenvalue weighted by molar-refractivity contribution is 4.98. The minimum Gasteiger partial charge on any atom is -0.399 e. The average Bonchev–Trinajstić information content (AvgIpc) is 2.28. The first kappa shape index (κ1) is 13.3. The number of nitrogens with two attached hydrogens (primary N) is 2. The maximum absolute atomic E-state index is 8.84. The fourth-order valence-electron chi connectivity index (χ4n) is 2.24. The smallest absolute Gasteiger partial charge is 0.0840 e. The Morgan fingerprint density at radius 2 is 2.25 bits per heavy atom. The van der Waals surface area contributed by atoms with Gasteiger partial charge in [-0.1, -0.05) is 6.92 Å². The van der Waals surface area contributed by atoms with Crippen molar-refractivity contribution in [2.45, 2.75) is 38.3 Å². The normalized spacial score (nSPS) is 31.5. The van der Waals surface area contributed by atoms with E-state index in [1.165, 1.54) is 0 Å². The maximum atomic E-state index is 8.84. The van der Waals surface area contributed by atoms with Crippen molar-refractivity contribution in [2.75, 3.05) is 13.7 Å². The van der Waals surface area contributed by atoms with Gasteiger partial charge in [0.25, 0.3) is 0 Å². The second kappa shape index (κ2) is 6.08. The van der Waals surface area contributed by atoms with Gasteiger partial charge in [-0.05, 0) is 25.2 Å². The van der Waals surface area contributed by atoms with Gasteiger partial charge in [-0.3, -0.25) is 0 Å². The zero-order valence-electron chi connectivity index (χ0n) is 10.1. The van der Waals surface area contributed by atoms with Crippen molar-refractivity contribution in [3.63, 3.8) is 0 Å². The molecule has 0 radical (unpaired) electrons. The quantitative estimate of drug-likeness (QED) is 0.472. The lowest BCUT2D eigenvalue weighted by molar-refractivity contribution is -0.00952. The molecule has 1 rings (SSSR count). The molecule has 0 spiro atoms. The van der Waals surface area contributed by atoms with Gasteiger partial charge < -0.3 is 20.6 Å². The summed E-state index contributed by atoms with van der Waals surface area (Å²) < 4.78 is 5.46. The van der Waals surface area contributed by atoms with Gasteiger partial charge in [-0.15, -0.1) is 0 Å². The molecule has 0 aromatic carbocycles. The van der Waals surface area contributed by atoms with Crippen LogP contribution in [-0.2, 0) is 4.74 Å². The third-order valence-electron chi connectivity index (χ3n) is 3.20. The van der Waals surface area contributed by atoms with Crippen molar-refractivity contribution in [1.82, 2.24) is 5.01 Å². The molecule has 3 unspecified atom stereocenters. The van der Waals surface area contributed by atoms with Crippen LogP contribution < -0.4 is 11.6 Å². The van der Waals surface area contributed by atoms with Gasteiger partial charge in [0.1, 0.15) is 0 Å². The molecule has 16 heavy (non-hydrogen) atoms. The van der Waals surface area contributed by atoms with E-state index >= 15 is 0 Å². The van der Waals surface area contributed by atoms with E-state index in [4.69, 9.17) is 21.4 Å². The second-order valence-electron chi connectivity index (χ2n) is 4.57. The molecule has 5 heteroatoms. The topological polar surface area (TPSA) is 84.7 Å². The summed E-state index contributed by atoms with van der Waals surface area (Å²) in [4.78, 5) is 0. The van der Waals surface area contributed by atoms with Gasteiger partial charge in [0.2, 0.25) is 0 Å². The zero-order chi connectivity index (χ0) is 12.1. The predicted octanol–water partition coefficient (Wildman–Crippen LogP) is 0.158. The first-order chi connectivity index (χ1) is 7.58. The van der Waals surface area contributed by atoms with E-state index in [1.54, 1.807) is 18.3 Å². The third-order valence-corrected chi connectivity index (χ3v) is 3.20. The lowest BCUT2D eigenvalue weighted by atomic mass is 9.85. The van der Waals surface area contributed by atoms with E-state index < -0.39 is 0 Å². The van der Waals surface area contributed by atoms with Gasteiger partial charge in [-0.25, -0.2) is 5.84 Å². The highest BCUT2D eigenvalue weighted by atomic mass is 16.5. The molecule has 0 aromatic heterocycles. The highest BCUT2D eigenvalue weighted by Crippen LogP contribution is 2.28. The molecule has 0 amide bonds. The molecule has 0 heterocycles. The summed E-state index contributed by atoms with van der Waals surface area (Å²) in [5.74, 6) is 6.60. The van der Waals surface area contributed by atoms with Crippen molar-refractivity contribution < 1.29 is 9.84 Å². The van der Waals surface area contributed by atoms with E-state index in [-0.39, 0.29) is 18.8 Å². The molecule has 5 N–H and O–H groups in total. The van der Waals surface area contributed by atoms with E-state index in [1.807, 2.05) is 0 Å². The number of hydrogen-bond donors (Lipinski definition) is 3. The van der Waals surface area contributed by atoms with Crippen LogP contribution in [0.1, 0.15) is 26.2 Å².